The van der Waals surface area contributed by atoms with Gasteiger partial charge in [0, 0.05) is 34.1 Å². The van der Waals surface area contributed by atoms with Crippen molar-refractivity contribution in [3.05, 3.63) is 221 Å². The summed E-state index contributed by atoms with van der Waals surface area (Å²) in [6, 6.07) is 55.8. The van der Waals surface area contributed by atoms with E-state index in [1.807, 2.05) is 0 Å². The van der Waals surface area contributed by atoms with Gasteiger partial charge < -0.3 is 9.80 Å². The largest absolute Gasteiger partial charge is 0.314 e. The monoisotopic (exact) mass is 720 g/mol. The molecule has 7 aromatic carbocycles. The normalized spacial score (nSPS) is 14.9. The molecule has 0 N–H and O–H groups in total. The Balaban J connectivity index is 0.936. The Kier molecular flexibility index (Phi) is 9.01. The first-order valence-electron chi connectivity index (χ1n) is 20.1. The molecule has 0 bridgehead atoms. The van der Waals surface area contributed by atoms with Gasteiger partial charge in [0.25, 0.3) is 0 Å². The van der Waals surface area contributed by atoms with Crippen molar-refractivity contribution in [2.75, 3.05) is 9.80 Å². The zero-order valence-electron chi connectivity index (χ0n) is 31.6. The second-order valence-electron chi connectivity index (χ2n) is 15.2. The van der Waals surface area contributed by atoms with Crippen LogP contribution in [0.25, 0.3) is 39.8 Å². The van der Waals surface area contributed by atoms with Gasteiger partial charge in [-0.05, 0) is 154 Å². The number of aryl methyl sites for hydroxylation is 2. The Bertz CT molecular complexity index is 2760. The number of rotatable bonds is 8. The van der Waals surface area contributed by atoms with Crippen molar-refractivity contribution >= 4 is 62.5 Å². The van der Waals surface area contributed by atoms with E-state index in [0.717, 1.165) is 38.5 Å². The van der Waals surface area contributed by atoms with Crippen LogP contribution in [-0.4, -0.2) is 0 Å². The summed E-state index contributed by atoms with van der Waals surface area (Å²) in [6.45, 7) is 0. The van der Waals surface area contributed by atoms with Crippen molar-refractivity contribution in [2.45, 2.75) is 38.5 Å². The van der Waals surface area contributed by atoms with Gasteiger partial charge in [-0.15, -0.1) is 0 Å². The SMILES string of the molecule is C1=Cc2cc(N(C3=CC=C(/C=C/c4ccc(N(C5=Cc6ccccc6CC5)c5ccc6ccccc6c5)cc4)CC3)c3ccc4ccccc4c3)ccc2CC1. The molecule has 7 aromatic rings. The number of hydrogen-bond donors (Lipinski definition) is 0. The first-order valence-corrected chi connectivity index (χ1v) is 20.1. The predicted octanol–water partition coefficient (Wildman–Crippen LogP) is 14.5. The average Bonchev–Trinajstić information content (AvgIpc) is 3.26. The van der Waals surface area contributed by atoms with E-state index < -0.39 is 0 Å². The lowest BCUT2D eigenvalue weighted by molar-refractivity contribution is 0.891. The lowest BCUT2D eigenvalue weighted by Crippen LogP contribution is -2.19. The van der Waals surface area contributed by atoms with E-state index in [1.165, 1.54) is 89.1 Å². The summed E-state index contributed by atoms with van der Waals surface area (Å²) in [7, 11) is 0. The van der Waals surface area contributed by atoms with Gasteiger partial charge in [-0.2, -0.15) is 0 Å². The first kappa shape index (κ1) is 33.9. The lowest BCUT2D eigenvalue weighted by Gasteiger charge is -2.31. The van der Waals surface area contributed by atoms with Crippen LogP contribution in [0.5, 0.6) is 0 Å². The highest BCUT2D eigenvalue weighted by atomic mass is 15.2. The molecular weight excluding hydrogens is 677 g/mol. The van der Waals surface area contributed by atoms with Gasteiger partial charge in [-0.25, -0.2) is 0 Å². The van der Waals surface area contributed by atoms with E-state index in [9.17, 15) is 0 Å². The molecule has 56 heavy (non-hydrogen) atoms. The van der Waals surface area contributed by atoms with Crippen LogP contribution in [-0.2, 0) is 12.8 Å². The molecule has 0 spiro atoms. The number of hydrogen-bond acceptors (Lipinski definition) is 2. The van der Waals surface area contributed by atoms with Crippen LogP contribution in [0.3, 0.4) is 0 Å². The maximum absolute atomic E-state index is 2.46. The minimum atomic E-state index is 0.966. The molecule has 0 atom stereocenters. The molecule has 0 amide bonds. The van der Waals surface area contributed by atoms with Gasteiger partial charge >= 0.3 is 0 Å². The molecule has 3 aliphatic rings. The molecule has 270 valence electrons. The van der Waals surface area contributed by atoms with Crippen molar-refractivity contribution < 1.29 is 0 Å². The van der Waals surface area contributed by atoms with Crippen molar-refractivity contribution in [2.24, 2.45) is 0 Å². The van der Waals surface area contributed by atoms with Crippen molar-refractivity contribution in [1.29, 1.82) is 0 Å². The van der Waals surface area contributed by atoms with Gasteiger partial charge in [0.15, 0.2) is 0 Å². The Labute approximate surface area is 330 Å². The smallest absolute Gasteiger partial charge is 0.0464 e. The van der Waals surface area contributed by atoms with Crippen molar-refractivity contribution in [1.82, 2.24) is 0 Å². The van der Waals surface area contributed by atoms with Crippen LogP contribution < -0.4 is 9.80 Å². The fourth-order valence-electron chi connectivity index (χ4n) is 8.65. The molecule has 2 nitrogen and oxygen atoms in total. The first-order chi connectivity index (χ1) is 27.7. The van der Waals surface area contributed by atoms with E-state index >= 15 is 0 Å². The second kappa shape index (κ2) is 14.9. The zero-order chi connectivity index (χ0) is 37.3. The third-order valence-electron chi connectivity index (χ3n) is 11.7. The maximum Gasteiger partial charge on any atom is 0.0464 e. The summed E-state index contributed by atoms with van der Waals surface area (Å²) in [5.74, 6) is 0. The summed E-state index contributed by atoms with van der Waals surface area (Å²) in [6.07, 6.45) is 22.4. The van der Waals surface area contributed by atoms with Crippen molar-refractivity contribution in [3.8, 4) is 0 Å². The topological polar surface area (TPSA) is 6.48 Å². The number of anilines is 4. The van der Waals surface area contributed by atoms with Crippen molar-refractivity contribution in [3.63, 3.8) is 0 Å². The molecule has 0 saturated carbocycles. The molecular formula is C54H44N2. The number of benzene rings is 7. The molecule has 10 rings (SSSR count). The third kappa shape index (κ3) is 6.80. The summed E-state index contributed by atoms with van der Waals surface area (Å²) >= 11 is 0. The Morgan fingerprint density at radius 3 is 1.75 bits per heavy atom. The molecule has 0 saturated heterocycles. The molecule has 0 unspecified atom stereocenters. The van der Waals surface area contributed by atoms with E-state index in [-0.39, 0.29) is 0 Å². The lowest BCUT2D eigenvalue weighted by atomic mass is 9.94. The third-order valence-corrected chi connectivity index (χ3v) is 11.7. The highest BCUT2D eigenvalue weighted by molar-refractivity contribution is 5.89. The minimum Gasteiger partial charge on any atom is -0.314 e. The van der Waals surface area contributed by atoms with Gasteiger partial charge in [0.1, 0.15) is 0 Å². The van der Waals surface area contributed by atoms with Gasteiger partial charge in [-0.1, -0.05) is 134 Å². The summed E-state index contributed by atoms with van der Waals surface area (Å²) in [5, 5.41) is 5.04. The van der Waals surface area contributed by atoms with Crippen LogP contribution in [0.2, 0.25) is 0 Å². The average molecular weight is 721 g/mol. The van der Waals surface area contributed by atoms with Crippen LogP contribution in [0.4, 0.5) is 22.7 Å². The predicted molar refractivity (Wildman–Crippen MR) is 240 cm³/mol. The Morgan fingerprint density at radius 1 is 0.411 bits per heavy atom. The number of nitrogens with zero attached hydrogens (tertiary/aromatic N) is 2. The molecule has 2 heteroatoms. The molecule has 0 aliphatic heterocycles. The highest BCUT2D eigenvalue weighted by Gasteiger charge is 2.21. The standard InChI is InChI=1S/C54H44N2/c1-5-13-45-35-51(31-23-41(45)9-1)55(52-32-24-42-10-2-6-14-46(42)36-52)49-27-19-39(20-28-49)17-18-40-21-29-50(30-22-40)56(53-33-25-43-11-3-7-15-47(43)37-53)54-34-26-44-12-4-8-16-48(44)38-54/h1-3,5-11,13-21,23,25-29,31,33-38H,4,12,22,24,30,32H2/b18-17+. The quantitative estimate of drug-likeness (QED) is 0.154. The fourth-order valence-corrected chi connectivity index (χ4v) is 8.65. The van der Waals surface area contributed by atoms with E-state index in [1.54, 1.807) is 0 Å². The number of allylic oxidation sites excluding steroid dienone is 7. The maximum atomic E-state index is 2.46. The molecule has 0 fully saturated rings. The Morgan fingerprint density at radius 2 is 1.02 bits per heavy atom. The summed E-state index contributed by atoms with van der Waals surface area (Å²) in [4.78, 5) is 4.92. The minimum absolute atomic E-state index is 0.966. The summed E-state index contributed by atoms with van der Waals surface area (Å²) in [5.41, 5.74) is 15.5. The van der Waals surface area contributed by atoms with E-state index in [4.69, 9.17) is 0 Å². The van der Waals surface area contributed by atoms with Gasteiger partial charge in [0.2, 0.25) is 0 Å². The molecule has 3 aliphatic carbocycles. The molecule has 0 aromatic heterocycles. The fraction of sp³-hybridized carbons (Fsp3) is 0.111. The van der Waals surface area contributed by atoms with Crippen LogP contribution in [0.1, 0.15) is 53.5 Å². The van der Waals surface area contributed by atoms with Crippen LogP contribution >= 0.6 is 0 Å². The second-order valence-corrected chi connectivity index (χ2v) is 15.2. The van der Waals surface area contributed by atoms with E-state index in [2.05, 4.69) is 204 Å². The van der Waals surface area contributed by atoms with Gasteiger partial charge in [-0.3, -0.25) is 0 Å². The highest BCUT2D eigenvalue weighted by Crippen LogP contribution is 2.39. The summed E-state index contributed by atoms with van der Waals surface area (Å²) < 4.78 is 0. The number of fused-ring (bicyclic) bond motifs is 4. The van der Waals surface area contributed by atoms with Crippen LogP contribution in [0, 0.1) is 0 Å². The Hall–Kier alpha value is -6.64. The van der Waals surface area contributed by atoms with Crippen LogP contribution in [0.15, 0.2) is 193 Å². The molecule has 0 heterocycles. The zero-order valence-corrected chi connectivity index (χ0v) is 31.6. The van der Waals surface area contributed by atoms with E-state index in [0.29, 0.717) is 0 Å². The molecule has 0 radical (unpaired) electrons. The van der Waals surface area contributed by atoms with Gasteiger partial charge in [0.05, 0.1) is 0 Å².